The van der Waals surface area contributed by atoms with Crippen LogP contribution in [0.1, 0.15) is 5.56 Å². The molecule has 0 bridgehead atoms. The summed E-state index contributed by atoms with van der Waals surface area (Å²) in [6, 6.07) is 13.9. The van der Waals surface area contributed by atoms with E-state index in [0.717, 1.165) is 22.1 Å². The van der Waals surface area contributed by atoms with E-state index in [4.69, 9.17) is 10.00 Å². The molecule has 0 fully saturated rings. The summed E-state index contributed by atoms with van der Waals surface area (Å²) in [6.07, 6.45) is 0.607. The molecule has 17 heavy (non-hydrogen) atoms. The van der Waals surface area contributed by atoms with Crippen LogP contribution in [-0.4, -0.2) is 7.11 Å². The van der Waals surface area contributed by atoms with Gasteiger partial charge >= 0.3 is 0 Å². The number of nitriles is 1. The van der Waals surface area contributed by atoms with Crippen LogP contribution < -0.4 is 4.74 Å². The quantitative estimate of drug-likeness (QED) is 0.730. The van der Waals surface area contributed by atoms with Crippen molar-refractivity contribution in [2.75, 3.05) is 7.11 Å². The Balaban J connectivity index is 2.35. The number of fused-ring (bicyclic) bond motifs is 1. The second kappa shape index (κ2) is 5.05. The Kier molecular flexibility index (Phi) is 3.28. The van der Waals surface area contributed by atoms with Crippen LogP contribution in [0.2, 0.25) is 0 Å². The topological polar surface area (TPSA) is 33.0 Å². The van der Waals surface area contributed by atoms with Crippen molar-refractivity contribution in [1.82, 2.24) is 0 Å². The van der Waals surface area contributed by atoms with E-state index in [2.05, 4.69) is 17.9 Å². The molecule has 0 aliphatic carbocycles. The summed E-state index contributed by atoms with van der Waals surface area (Å²) in [5, 5.41) is 10.6. The van der Waals surface area contributed by atoms with E-state index in [0.29, 0.717) is 6.42 Å². The summed E-state index contributed by atoms with van der Waals surface area (Å²) >= 11 is 0. The second-order valence-electron chi connectivity index (χ2n) is 3.64. The number of nitrogens with zero attached hydrogens (tertiary/aromatic N) is 1. The lowest BCUT2D eigenvalue weighted by molar-refractivity contribution is 0.415. The van der Waals surface area contributed by atoms with Crippen LogP contribution in [0, 0.1) is 23.2 Å². The fraction of sp³-hybridized carbons (Fsp3) is 0.133. The van der Waals surface area contributed by atoms with Crippen LogP contribution in [0.3, 0.4) is 0 Å². The van der Waals surface area contributed by atoms with Crippen molar-refractivity contribution in [3.8, 4) is 23.7 Å². The van der Waals surface area contributed by atoms with E-state index in [-0.39, 0.29) is 0 Å². The largest absolute Gasteiger partial charge is 0.497 e. The Hall–Kier alpha value is -2.45. The third kappa shape index (κ3) is 2.56. The highest BCUT2D eigenvalue weighted by Gasteiger charge is 1.97. The lowest BCUT2D eigenvalue weighted by atomic mass is 10.1. The fourth-order valence-electron chi connectivity index (χ4n) is 1.70. The minimum absolute atomic E-state index is 0.607. The molecule has 0 aliphatic rings. The van der Waals surface area contributed by atoms with Crippen LogP contribution in [0.5, 0.6) is 5.75 Å². The maximum atomic E-state index is 8.34. The summed E-state index contributed by atoms with van der Waals surface area (Å²) in [5.41, 5.74) is 1.12. The molecule has 0 saturated carbocycles. The SMILES string of the molecule is COc1ccc2cc(CC#CC#N)ccc2c1. The lowest BCUT2D eigenvalue weighted by Gasteiger charge is -2.03. The second-order valence-corrected chi connectivity index (χ2v) is 3.64. The Morgan fingerprint density at radius 2 is 1.88 bits per heavy atom. The lowest BCUT2D eigenvalue weighted by Crippen LogP contribution is -1.85. The monoisotopic (exact) mass is 221 g/mol. The summed E-state index contributed by atoms with van der Waals surface area (Å²) in [5.74, 6) is 6.06. The maximum absolute atomic E-state index is 8.34. The molecule has 0 spiro atoms. The molecule has 0 amide bonds. The van der Waals surface area contributed by atoms with Crippen molar-refractivity contribution in [2.24, 2.45) is 0 Å². The molecule has 2 aromatic rings. The molecule has 0 atom stereocenters. The third-order valence-corrected chi connectivity index (χ3v) is 2.55. The molecule has 0 N–H and O–H groups in total. The predicted molar refractivity (Wildman–Crippen MR) is 67.6 cm³/mol. The number of hydrogen-bond acceptors (Lipinski definition) is 2. The van der Waals surface area contributed by atoms with Gasteiger partial charge in [0, 0.05) is 12.3 Å². The van der Waals surface area contributed by atoms with Gasteiger partial charge in [0.2, 0.25) is 0 Å². The van der Waals surface area contributed by atoms with Gasteiger partial charge in [0.05, 0.1) is 7.11 Å². The van der Waals surface area contributed by atoms with Gasteiger partial charge in [-0.1, -0.05) is 30.2 Å². The van der Waals surface area contributed by atoms with Gasteiger partial charge < -0.3 is 4.74 Å². The molecule has 0 aliphatic heterocycles. The molecule has 82 valence electrons. The van der Waals surface area contributed by atoms with Crippen LogP contribution in [0.15, 0.2) is 36.4 Å². The minimum atomic E-state index is 0.607. The van der Waals surface area contributed by atoms with E-state index in [1.165, 1.54) is 0 Å². The molecule has 2 rings (SSSR count). The molecular weight excluding hydrogens is 210 g/mol. The Morgan fingerprint density at radius 3 is 2.65 bits per heavy atom. The van der Waals surface area contributed by atoms with Crippen LogP contribution >= 0.6 is 0 Å². The van der Waals surface area contributed by atoms with Gasteiger partial charge in [-0.05, 0) is 28.5 Å². The van der Waals surface area contributed by atoms with Gasteiger partial charge in [-0.15, -0.1) is 0 Å². The first-order valence-corrected chi connectivity index (χ1v) is 5.27. The predicted octanol–water partition coefficient (Wildman–Crippen LogP) is 2.92. The fourth-order valence-corrected chi connectivity index (χ4v) is 1.70. The number of rotatable bonds is 2. The first-order chi connectivity index (χ1) is 8.33. The molecule has 2 aromatic carbocycles. The van der Waals surface area contributed by atoms with Gasteiger partial charge in [-0.3, -0.25) is 0 Å². The van der Waals surface area contributed by atoms with Crippen LogP contribution in [-0.2, 0) is 6.42 Å². The van der Waals surface area contributed by atoms with E-state index in [1.807, 2.05) is 36.4 Å². The highest BCUT2D eigenvalue weighted by molar-refractivity contribution is 5.84. The van der Waals surface area contributed by atoms with Crippen molar-refractivity contribution in [3.05, 3.63) is 42.0 Å². The van der Waals surface area contributed by atoms with E-state index >= 15 is 0 Å². The first kappa shape index (κ1) is 11.0. The van der Waals surface area contributed by atoms with Crippen molar-refractivity contribution in [1.29, 1.82) is 5.26 Å². The van der Waals surface area contributed by atoms with Gasteiger partial charge in [-0.2, -0.15) is 5.26 Å². The van der Waals surface area contributed by atoms with E-state index in [9.17, 15) is 0 Å². The Morgan fingerprint density at radius 1 is 1.12 bits per heavy atom. The zero-order valence-electron chi connectivity index (χ0n) is 9.53. The van der Waals surface area contributed by atoms with Crippen LogP contribution in [0.4, 0.5) is 0 Å². The normalized spacial score (nSPS) is 9.18. The van der Waals surface area contributed by atoms with E-state index < -0.39 is 0 Å². The standard InChI is InChI=1S/C15H11NO/c1-17-15-8-7-13-10-12(4-2-3-9-16)5-6-14(13)11-15/h5-8,10-11H,4H2,1H3. The van der Waals surface area contributed by atoms with Crippen molar-refractivity contribution >= 4 is 10.8 Å². The van der Waals surface area contributed by atoms with Gasteiger partial charge in [0.1, 0.15) is 5.75 Å². The van der Waals surface area contributed by atoms with Crippen molar-refractivity contribution < 1.29 is 4.74 Å². The minimum Gasteiger partial charge on any atom is -0.497 e. The summed E-state index contributed by atoms with van der Waals surface area (Å²) < 4.78 is 5.17. The zero-order chi connectivity index (χ0) is 12.1. The third-order valence-electron chi connectivity index (χ3n) is 2.55. The van der Waals surface area contributed by atoms with Crippen molar-refractivity contribution in [3.63, 3.8) is 0 Å². The molecule has 0 heterocycles. The number of ether oxygens (including phenoxy) is 1. The molecule has 0 aromatic heterocycles. The molecule has 0 saturated heterocycles. The van der Waals surface area contributed by atoms with Gasteiger partial charge in [-0.25, -0.2) is 0 Å². The Labute approximate surface area is 100 Å². The maximum Gasteiger partial charge on any atom is 0.152 e. The smallest absolute Gasteiger partial charge is 0.152 e. The van der Waals surface area contributed by atoms with Crippen molar-refractivity contribution in [2.45, 2.75) is 6.42 Å². The number of benzene rings is 2. The van der Waals surface area contributed by atoms with E-state index in [1.54, 1.807) is 7.11 Å². The number of hydrogen-bond donors (Lipinski definition) is 0. The average molecular weight is 221 g/mol. The molecular formula is C15H11NO. The van der Waals surface area contributed by atoms with Gasteiger partial charge in [0.25, 0.3) is 0 Å². The molecule has 2 heteroatoms. The molecule has 2 nitrogen and oxygen atoms in total. The van der Waals surface area contributed by atoms with Gasteiger partial charge in [0.15, 0.2) is 6.07 Å². The average Bonchev–Trinajstić information content (AvgIpc) is 2.38. The first-order valence-electron chi connectivity index (χ1n) is 5.27. The number of methoxy groups -OCH3 is 1. The summed E-state index contributed by atoms with van der Waals surface area (Å²) in [4.78, 5) is 0. The zero-order valence-corrected chi connectivity index (χ0v) is 9.53. The highest BCUT2D eigenvalue weighted by atomic mass is 16.5. The van der Waals surface area contributed by atoms with Crippen LogP contribution in [0.25, 0.3) is 10.8 Å². The molecule has 0 unspecified atom stereocenters. The summed E-state index contributed by atoms with van der Waals surface area (Å²) in [6.45, 7) is 0. The Bertz CT molecular complexity index is 641. The molecule has 0 radical (unpaired) electrons. The highest BCUT2D eigenvalue weighted by Crippen LogP contribution is 2.21. The summed E-state index contributed by atoms with van der Waals surface area (Å²) in [7, 11) is 1.66.